The first kappa shape index (κ1) is 11.8. The zero-order chi connectivity index (χ0) is 5.86. The van der Waals surface area contributed by atoms with Crippen LogP contribution in [0.15, 0.2) is 0 Å². The molecule has 0 fully saturated rings. The number of halogens is 2. The maximum absolute atomic E-state index is 9.85. The van der Waals surface area contributed by atoms with Crippen LogP contribution < -0.4 is 0 Å². The number of hydrogen-bond donors (Lipinski definition) is 1. The average Bonchev–Trinajstić information content (AvgIpc) is 1.65. The van der Waals surface area contributed by atoms with Crippen molar-refractivity contribution in [3.8, 4) is 0 Å². The van der Waals surface area contributed by atoms with E-state index in [9.17, 15) is 4.79 Å². The summed E-state index contributed by atoms with van der Waals surface area (Å²) < 4.78 is 0. The van der Waals surface area contributed by atoms with Gasteiger partial charge in [0, 0.05) is 24.8 Å². The molecule has 5 heteroatoms. The van der Waals surface area contributed by atoms with Gasteiger partial charge in [-0.15, -0.1) is 0 Å². The minimum Gasteiger partial charge on any atom is -0.480 e. The van der Waals surface area contributed by atoms with Crippen LogP contribution in [0.3, 0.4) is 0 Å². The SMILES string of the molecule is O=C(O)C(Br)CBr.[Zn]. The van der Waals surface area contributed by atoms with Gasteiger partial charge in [0.1, 0.15) is 4.83 Å². The van der Waals surface area contributed by atoms with Gasteiger partial charge in [0.25, 0.3) is 0 Å². The molecule has 0 radical (unpaired) electrons. The van der Waals surface area contributed by atoms with Crippen LogP contribution in [-0.4, -0.2) is 21.2 Å². The molecule has 0 saturated carbocycles. The molecule has 8 heavy (non-hydrogen) atoms. The number of alkyl halides is 2. The molecule has 1 unspecified atom stereocenters. The molecule has 0 spiro atoms. The van der Waals surface area contributed by atoms with Crippen molar-refractivity contribution < 1.29 is 29.4 Å². The fourth-order valence-corrected chi connectivity index (χ4v) is 0.343. The minimum atomic E-state index is -0.836. The summed E-state index contributed by atoms with van der Waals surface area (Å²) in [6.07, 6.45) is 0. The number of carboxylic acids is 1. The first-order valence-corrected chi connectivity index (χ1v) is 3.65. The molecule has 0 aromatic rings. The fraction of sp³-hybridized carbons (Fsp3) is 0.667. The van der Waals surface area contributed by atoms with E-state index in [2.05, 4.69) is 31.9 Å². The van der Waals surface area contributed by atoms with Crippen LogP contribution in [0.2, 0.25) is 0 Å². The molecular weight excluding hydrogens is 293 g/mol. The zero-order valence-electron chi connectivity index (χ0n) is 4.10. The van der Waals surface area contributed by atoms with Gasteiger partial charge in [0.05, 0.1) is 0 Å². The Labute approximate surface area is 77.0 Å². The van der Waals surface area contributed by atoms with E-state index in [-0.39, 0.29) is 19.5 Å². The van der Waals surface area contributed by atoms with Crippen molar-refractivity contribution in [2.45, 2.75) is 4.83 Å². The van der Waals surface area contributed by atoms with E-state index >= 15 is 0 Å². The third-order valence-electron chi connectivity index (χ3n) is 0.403. The molecule has 0 aromatic heterocycles. The number of rotatable bonds is 2. The molecule has 2 nitrogen and oxygen atoms in total. The normalized spacial score (nSPS) is 11.8. The standard InChI is InChI=1S/C3H4Br2O2.Zn/c4-1-2(5)3(6)7;/h2H,1H2,(H,6,7);. The second-order valence-corrected chi connectivity index (χ2v) is 2.71. The molecule has 0 heterocycles. The predicted octanol–water partition coefficient (Wildman–Crippen LogP) is 1.23. The average molecular weight is 297 g/mol. The molecule has 44 valence electrons. The van der Waals surface area contributed by atoms with Gasteiger partial charge in [-0.25, -0.2) is 0 Å². The molecule has 0 aliphatic rings. The van der Waals surface area contributed by atoms with Crippen molar-refractivity contribution in [1.29, 1.82) is 0 Å². The molecule has 0 aromatic carbocycles. The van der Waals surface area contributed by atoms with Gasteiger partial charge in [0.15, 0.2) is 0 Å². The van der Waals surface area contributed by atoms with Crippen molar-refractivity contribution in [3.63, 3.8) is 0 Å². The molecule has 0 rings (SSSR count). The maximum atomic E-state index is 9.85. The summed E-state index contributed by atoms with van der Waals surface area (Å²) in [5, 5.41) is 8.55. The van der Waals surface area contributed by atoms with Crippen molar-refractivity contribution in [2.24, 2.45) is 0 Å². The zero-order valence-corrected chi connectivity index (χ0v) is 10.2. The van der Waals surface area contributed by atoms with Crippen LogP contribution in [0, 0.1) is 0 Å². The number of aliphatic carboxylic acids is 1. The van der Waals surface area contributed by atoms with E-state index in [0.29, 0.717) is 5.33 Å². The molecule has 0 amide bonds. The van der Waals surface area contributed by atoms with E-state index in [0.717, 1.165) is 0 Å². The minimum absolute atomic E-state index is 0. The number of carboxylic acid groups (broad SMARTS) is 1. The molecule has 0 bridgehead atoms. The van der Waals surface area contributed by atoms with E-state index < -0.39 is 10.8 Å². The second kappa shape index (κ2) is 6.18. The van der Waals surface area contributed by atoms with Crippen molar-refractivity contribution in [3.05, 3.63) is 0 Å². The Hall–Kier alpha value is 1.05. The largest absolute Gasteiger partial charge is 0.480 e. The van der Waals surface area contributed by atoms with E-state index in [4.69, 9.17) is 5.11 Å². The summed E-state index contributed by atoms with van der Waals surface area (Å²) in [6.45, 7) is 0. The van der Waals surface area contributed by atoms with Crippen molar-refractivity contribution >= 4 is 37.8 Å². The summed E-state index contributed by atoms with van der Waals surface area (Å²) in [6, 6.07) is 0. The molecule has 0 aliphatic heterocycles. The van der Waals surface area contributed by atoms with Crippen LogP contribution in [0.4, 0.5) is 0 Å². The molecule has 1 N–H and O–H groups in total. The van der Waals surface area contributed by atoms with Gasteiger partial charge in [0.2, 0.25) is 0 Å². The third kappa shape index (κ3) is 5.20. The Bertz CT molecular complexity index is 77.7. The Morgan fingerprint density at radius 2 is 2.12 bits per heavy atom. The van der Waals surface area contributed by atoms with Gasteiger partial charge >= 0.3 is 5.97 Å². The van der Waals surface area contributed by atoms with Gasteiger partial charge in [-0.1, -0.05) is 31.9 Å². The molecule has 0 aliphatic carbocycles. The summed E-state index contributed by atoms with van der Waals surface area (Å²) in [5.41, 5.74) is 0. The fourth-order valence-electron chi connectivity index (χ4n) is 0.0660. The van der Waals surface area contributed by atoms with Crippen LogP contribution in [0.25, 0.3) is 0 Å². The number of carbonyl (C=O) groups is 1. The second-order valence-electron chi connectivity index (χ2n) is 0.960. The van der Waals surface area contributed by atoms with Gasteiger partial charge in [-0.3, -0.25) is 4.79 Å². The van der Waals surface area contributed by atoms with E-state index in [1.165, 1.54) is 0 Å². The van der Waals surface area contributed by atoms with Crippen molar-refractivity contribution in [2.75, 3.05) is 5.33 Å². The summed E-state index contributed by atoms with van der Waals surface area (Å²) in [5.74, 6) is -0.836. The Morgan fingerprint density at radius 1 is 1.75 bits per heavy atom. The van der Waals surface area contributed by atoms with Crippen LogP contribution in [-0.2, 0) is 24.3 Å². The van der Waals surface area contributed by atoms with Crippen LogP contribution in [0.1, 0.15) is 0 Å². The van der Waals surface area contributed by atoms with Crippen LogP contribution >= 0.6 is 31.9 Å². The monoisotopic (exact) mass is 294 g/mol. The number of hydrogen-bond acceptors (Lipinski definition) is 1. The van der Waals surface area contributed by atoms with Gasteiger partial charge in [-0.05, 0) is 0 Å². The topological polar surface area (TPSA) is 37.3 Å². The Morgan fingerprint density at radius 3 is 2.12 bits per heavy atom. The Kier molecular flexibility index (Phi) is 9.11. The third-order valence-corrected chi connectivity index (χ3v) is 2.64. The molecular formula is C3H4Br2O2Zn. The summed E-state index contributed by atoms with van der Waals surface area (Å²) in [7, 11) is 0. The van der Waals surface area contributed by atoms with Crippen molar-refractivity contribution in [1.82, 2.24) is 0 Å². The summed E-state index contributed by atoms with van der Waals surface area (Å²) in [4.78, 5) is 9.40. The smallest absolute Gasteiger partial charge is 0.318 e. The molecule has 1 atom stereocenters. The maximum Gasteiger partial charge on any atom is 0.318 e. The van der Waals surface area contributed by atoms with Gasteiger partial charge in [-0.2, -0.15) is 0 Å². The van der Waals surface area contributed by atoms with E-state index in [1.54, 1.807) is 0 Å². The van der Waals surface area contributed by atoms with Crippen LogP contribution in [0.5, 0.6) is 0 Å². The quantitative estimate of drug-likeness (QED) is 0.615. The van der Waals surface area contributed by atoms with E-state index in [1.807, 2.05) is 0 Å². The first-order valence-electron chi connectivity index (χ1n) is 1.61. The molecule has 0 saturated heterocycles. The first-order chi connectivity index (χ1) is 3.18. The summed E-state index contributed by atoms with van der Waals surface area (Å²) >= 11 is 5.88. The predicted molar refractivity (Wildman–Crippen MR) is 34.1 cm³/mol. The Balaban J connectivity index is 0. The van der Waals surface area contributed by atoms with Gasteiger partial charge < -0.3 is 5.11 Å².